The lowest BCUT2D eigenvalue weighted by atomic mass is 9.90. The normalized spacial score (nSPS) is 23.6. The minimum absolute atomic E-state index is 0.00445. The van der Waals surface area contributed by atoms with Crippen LogP contribution in [0.25, 0.3) is 0 Å². The molecular formula is C17H21N3O5. The lowest BCUT2D eigenvalue weighted by Crippen LogP contribution is -2.61. The van der Waals surface area contributed by atoms with Crippen molar-refractivity contribution in [1.82, 2.24) is 9.80 Å². The van der Waals surface area contributed by atoms with Crippen LogP contribution in [0.1, 0.15) is 30.1 Å². The summed E-state index contributed by atoms with van der Waals surface area (Å²) >= 11 is 0. The van der Waals surface area contributed by atoms with Crippen LogP contribution in [0.2, 0.25) is 0 Å². The smallest absolute Gasteiger partial charge is 0.270 e. The number of amides is 2. The predicted molar refractivity (Wildman–Crippen MR) is 89.2 cm³/mol. The molecule has 3 rings (SSSR count). The number of ether oxygens (including phenoxy) is 1. The third-order valence-electron chi connectivity index (χ3n) is 4.82. The zero-order chi connectivity index (χ0) is 18.0. The first kappa shape index (κ1) is 17.3. The van der Waals surface area contributed by atoms with Gasteiger partial charge in [-0.25, -0.2) is 0 Å². The molecule has 1 aromatic carbocycles. The van der Waals surface area contributed by atoms with Gasteiger partial charge in [0.05, 0.1) is 24.6 Å². The molecule has 1 aromatic rings. The Bertz CT molecular complexity index is 703. The van der Waals surface area contributed by atoms with Gasteiger partial charge in [-0.2, -0.15) is 0 Å². The van der Waals surface area contributed by atoms with Crippen molar-refractivity contribution in [2.75, 3.05) is 32.8 Å². The number of piperidine rings is 1. The van der Waals surface area contributed by atoms with Gasteiger partial charge in [-0.05, 0) is 18.9 Å². The van der Waals surface area contributed by atoms with Crippen molar-refractivity contribution in [1.29, 1.82) is 0 Å². The van der Waals surface area contributed by atoms with Crippen LogP contribution in [0.4, 0.5) is 5.69 Å². The van der Waals surface area contributed by atoms with Crippen molar-refractivity contribution in [2.45, 2.75) is 25.4 Å². The fourth-order valence-electron chi connectivity index (χ4n) is 3.57. The van der Waals surface area contributed by atoms with E-state index in [2.05, 4.69) is 0 Å². The van der Waals surface area contributed by atoms with Crippen LogP contribution in [0.3, 0.4) is 0 Å². The van der Waals surface area contributed by atoms with Gasteiger partial charge in [0.25, 0.3) is 11.6 Å². The van der Waals surface area contributed by atoms with Crippen LogP contribution in [-0.2, 0) is 9.53 Å². The maximum Gasteiger partial charge on any atom is 0.270 e. The zero-order valence-electron chi connectivity index (χ0n) is 14.1. The molecule has 0 radical (unpaired) electrons. The molecule has 2 aliphatic heterocycles. The quantitative estimate of drug-likeness (QED) is 0.596. The van der Waals surface area contributed by atoms with Gasteiger partial charge in [-0.15, -0.1) is 0 Å². The van der Waals surface area contributed by atoms with Gasteiger partial charge >= 0.3 is 0 Å². The second-order valence-corrected chi connectivity index (χ2v) is 6.61. The van der Waals surface area contributed by atoms with E-state index in [1.54, 1.807) is 15.9 Å². The van der Waals surface area contributed by atoms with Crippen LogP contribution in [0.5, 0.6) is 0 Å². The topological polar surface area (TPSA) is 93.0 Å². The van der Waals surface area contributed by atoms with E-state index in [-0.39, 0.29) is 17.5 Å². The molecular weight excluding hydrogens is 326 g/mol. The van der Waals surface area contributed by atoms with Gasteiger partial charge in [0.2, 0.25) is 5.91 Å². The Morgan fingerprint density at radius 1 is 1.24 bits per heavy atom. The van der Waals surface area contributed by atoms with Crippen LogP contribution < -0.4 is 0 Å². The van der Waals surface area contributed by atoms with Crippen molar-refractivity contribution in [3.63, 3.8) is 0 Å². The van der Waals surface area contributed by atoms with Gasteiger partial charge in [-0.1, -0.05) is 6.07 Å². The Morgan fingerprint density at radius 2 is 2.00 bits per heavy atom. The second-order valence-electron chi connectivity index (χ2n) is 6.61. The Morgan fingerprint density at radius 3 is 2.72 bits per heavy atom. The summed E-state index contributed by atoms with van der Waals surface area (Å²) in [6.07, 6.45) is 1.62. The van der Waals surface area contributed by atoms with Crippen LogP contribution in [0.15, 0.2) is 24.3 Å². The van der Waals surface area contributed by atoms with Crippen LogP contribution >= 0.6 is 0 Å². The minimum atomic E-state index is -0.543. The van der Waals surface area contributed by atoms with Crippen molar-refractivity contribution < 1.29 is 19.2 Å². The zero-order valence-corrected chi connectivity index (χ0v) is 14.1. The maximum atomic E-state index is 12.8. The molecule has 2 heterocycles. The van der Waals surface area contributed by atoms with Gasteiger partial charge in [-0.3, -0.25) is 19.7 Å². The molecule has 0 saturated carbocycles. The van der Waals surface area contributed by atoms with E-state index in [9.17, 15) is 19.7 Å². The van der Waals surface area contributed by atoms with E-state index in [0.717, 1.165) is 12.8 Å². The lowest BCUT2D eigenvalue weighted by molar-refractivity contribution is -0.384. The van der Waals surface area contributed by atoms with Crippen molar-refractivity contribution in [3.05, 3.63) is 39.9 Å². The number of morpholine rings is 1. The molecule has 8 nitrogen and oxygen atoms in total. The number of carbonyl (C=O) groups excluding carboxylic acids is 2. The summed E-state index contributed by atoms with van der Waals surface area (Å²) in [7, 11) is 0. The first-order valence-corrected chi connectivity index (χ1v) is 8.33. The molecule has 1 atom stereocenters. The fourth-order valence-corrected chi connectivity index (χ4v) is 3.57. The van der Waals surface area contributed by atoms with E-state index in [4.69, 9.17) is 4.74 Å². The fraction of sp³-hybridized carbons (Fsp3) is 0.529. The standard InChI is InChI=1S/C17H21N3O5/c1-13(21)18-7-3-6-17(11-18)12-19(8-9-25-17)16(22)14-4-2-5-15(10-14)20(23)24/h2,4-5,10H,3,6-9,11-12H2,1H3. The molecule has 25 heavy (non-hydrogen) atoms. The highest BCUT2D eigenvalue weighted by Crippen LogP contribution is 2.30. The van der Waals surface area contributed by atoms with Crippen molar-refractivity contribution in [3.8, 4) is 0 Å². The van der Waals surface area contributed by atoms with E-state index in [1.165, 1.54) is 25.1 Å². The van der Waals surface area contributed by atoms with Gasteiger partial charge < -0.3 is 14.5 Å². The monoisotopic (exact) mass is 347 g/mol. The third-order valence-corrected chi connectivity index (χ3v) is 4.82. The highest BCUT2D eigenvalue weighted by molar-refractivity contribution is 5.95. The second kappa shape index (κ2) is 6.79. The summed E-state index contributed by atoms with van der Waals surface area (Å²) in [5.74, 6) is -0.240. The summed E-state index contributed by atoms with van der Waals surface area (Å²) in [4.78, 5) is 38.3. The Balaban J connectivity index is 1.77. The number of hydrogen-bond donors (Lipinski definition) is 0. The number of nitro groups is 1. The number of carbonyl (C=O) groups is 2. The predicted octanol–water partition coefficient (Wildman–Crippen LogP) is 1.45. The molecule has 0 aromatic heterocycles. The van der Waals surface area contributed by atoms with Gasteiger partial charge in [0.1, 0.15) is 5.60 Å². The molecule has 2 fully saturated rings. The first-order chi connectivity index (χ1) is 11.9. The molecule has 2 saturated heterocycles. The van der Waals surface area contributed by atoms with Crippen LogP contribution in [0, 0.1) is 10.1 Å². The van der Waals surface area contributed by atoms with E-state index in [1.807, 2.05) is 0 Å². The summed E-state index contributed by atoms with van der Waals surface area (Å²) in [6.45, 7) is 3.93. The van der Waals surface area contributed by atoms with E-state index in [0.29, 0.717) is 38.3 Å². The minimum Gasteiger partial charge on any atom is -0.369 e. The number of benzene rings is 1. The Hall–Kier alpha value is -2.48. The SMILES string of the molecule is CC(=O)N1CCCC2(C1)CN(C(=O)c1cccc([N+](=O)[O-])c1)CCO2. The van der Waals surface area contributed by atoms with Crippen molar-refractivity contribution >= 4 is 17.5 Å². The number of nitro benzene ring substituents is 1. The number of likely N-dealkylation sites (tertiary alicyclic amines) is 1. The highest BCUT2D eigenvalue weighted by Gasteiger charge is 2.42. The number of rotatable bonds is 2. The summed E-state index contributed by atoms with van der Waals surface area (Å²) in [5, 5.41) is 10.9. The number of non-ortho nitro benzene ring substituents is 1. The molecule has 0 N–H and O–H groups in total. The molecule has 1 unspecified atom stereocenters. The highest BCUT2D eigenvalue weighted by atomic mass is 16.6. The third kappa shape index (κ3) is 3.63. The Kier molecular flexibility index (Phi) is 4.71. The molecule has 8 heteroatoms. The first-order valence-electron chi connectivity index (χ1n) is 8.33. The number of hydrogen-bond acceptors (Lipinski definition) is 5. The van der Waals surface area contributed by atoms with Gasteiger partial charge in [0, 0.05) is 37.7 Å². The largest absolute Gasteiger partial charge is 0.369 e. The lowest BCUT2D eigenvalue weighted by Gasteiger charge is -2.47. The molecule has 0 aliphatic carbocycles. The maximum absolute atomic E-state index is 12.8. The molecule has 134 valence electrons. The summed E-state index contributed by atoms with van der Waals surface area (Å²) < 4.78 is 5.97. The average molecular weight is 347 g/mol. The molecule has 2 aliphatic rings. The number of nitrogens with zero attached hydrogens (tertiary/aromatic N) is 3. The average Bonchev–Trinajstić information content (AvgIpc) is 2.61. The van der Waals surface area contributed by atoms with E-state index >= 15 is 0 Å². The summed E-state index contributed by atoms with van der Waals surface area (Å²) in [5.41, 5.74) is -0.349. The van der Waals surface area contributed by atoms with Crippen molar-refractivity contribution in [2.24, 2.45) is 0 Å². The summed E-state index contributed by atoms with van der Waals surface area (Å²) in [6, 6.07) is 5.76. The molecule has 2 amide bonds. The van der Waals surface area contributed by atoms with Crippen LogP contribution in [-0.4, -0.2) is 64.9 Å². The Labute approximate surface area is 145 Å². The molecule has 0 bridgehead atoms. The molecule has 1 spiro atoms. The van der Waals surface area contributed by atoms with E-state index < -0.39 is 10.5 Å². The van der Waals surface area contributed by atoms with Gasteiger partial charge in [0.15, 0.2) is 0 Å².